The molecular weight excluding hydrogens is 334 g/mol. The van der Waals surface area contributed by atoms with E-state index >= 15 is 0 Å². The highest BCUT2D eigenvalue weighted by Gasteiger charge is 2.50. The van der Waals surface area contributed by atoms with Gasteiger partial charge in [0.25, 0.3) is 0 Å². The van der Waals surface area contributed by atoms with Crippen LogP contribution in [0.2, 0.25) is 0 Å². The highest BCUT2D eigenvalue weighted by molar-refractivity contribution is 6.08. The van der Waals surface area contributed by atoms with Crippen LogP contribution in [0, 0.1) is 0 Å². The zero-order valence-electron chi connectivity index (χ0n) is 15.2. The fourth-order valence-corrected chi connectivity index (χ4v) is 2.84. The zero-order valence-corrected chi connectivity index (χ0v) is 15.2. The van der Waals surface area contributed by atoms with Crippen LogP contribution in [-0.2, 0) is 30.3 Å². The summed E-state index contributed by atoms with van der Waals surface area (Å²) in [5.74, 6) is -2.18. The first-order valence-corrected chi connectivity index (χ1v) is 8.53. The number of benzene rings is 2. The Morgan fingerprint density at radius 2 is 1.50 bits per heavy atom. The minimum Gasteiger partial charge on any atom is -0.464 e. The van der Waals surface area contributed by atoms with Crippen LogP contribution >= 0.6 is 0 Å². The van der Waals surface area contributed by atoms with Crippen LogP contribution in [-0.4, -0.2) is 36.6 Å². The number of amides is 1. The van der Waals surface area contributed by atoms with Crippen molar-refractivity contribution in [1.29, 1.82) is 0 Å². The number of hydrogen-bond acceptors (Lipinski definition) is 5. The van der Waals surface area contributed by atoms with Gasteiger partial charge in [-0.2, -0.15) is 0 Å². The molecule has 2 rings (SSSR count). The van der Waals surface area contributed by atoms with Crippen molar-refractivity contribution in [1.82, 2.24) is 5.32 Å². The van der Waals surface area contributed by atoms with Crippen LogP contribution in [0.3, 0.4) is 0 Å². The van der Waals surface area contributed by atoms with Gasteiger partial charge in [0, 0.05) is 13.3 Å². The second-order valence-electron chi connectivity index (χ2n) is 5.89. The lowest BCUT2D eigenvalue weighted by molar-refractivity contribution is -0.168. The molecule has 6 nitrogen and oxygen atoms in total. The van der Waals surface area contributed by atoms with Gasteiger partial charge in [0.15, 0.2) is 0 Å². The van der Waals surface area contributed by atoms with Gasteiger partial charge in [-0.05, 0) is 30.2 Å². The molecule has 6 heteroatoms. The van der Waals surface area contributed by atoms with Crippen molar-refractivity contribution in [2.45, 2.75) is 32.7 Å². The van der Waals surface area contributed by atoms with Crippen LogP contribution in [0.1, 0.15) is 26.3 Å². The molecule has 0 spiro atoms. The number of nitrogens with one attached hydrogen (secondary N) is 1. The number of fused-ring (bicyclic) bond motifs is 1. The summed E-state index contributed by atoms with van der Waals surface area (Å²) in [6.45, 7) is 4.68. The number of carbonyl (C=O) groups excluding carboxylic acids is 3. The summed E-state index contributed by atoms with van der Waals surface area (Å²) in [4.78, 5) is 37.0. The number of esters is 2. The number of carbonyl (C=O) groups is 3. The fourth-order valence-electron chi connectivity index (χ4n) is 2.84. The second kappa shape index (κ2) is 8.47. The Balaban J connectivity index is 2.49. The second-order valence-corrected chi connectivity index (χ2v) is 5.89. The monoisotopic (exact) mass is 357 g/mol. The molecule has 0 bridgehead atoms. The quantitative estimate of drug-likeness (QED) is 0.608. The molecule has 1 N–H and O–H groups in total. The van der Waals surface area contributed by atoms with Gasteiger partial charge < -0.3 is 14.8 Å². The van der Waals surface area contributed by atoms with Gasteiger partial charge in [-0.15, -0.1) is 0 Å². The Labute approximate surface area is 152 Å². The van der Waals surface area contributed by atoms with E-state index in [9.17, 15) is 14.4 Å². The number of hydrogen-bond donors (Lipinski definition) is 1. The normalized spacial score (nSPS) is 11.0. The summed E-state index contributed by atoms with van der Waals surface area (Å²) < 4.78 is 10.2. The first kappa shape index (κ1) is 19.4. The lowest BCUT2D eigenvalue weighted by atomic mass is 9.89. The predicted molar refractivity (Wildman–Crippen MR) is 97.5 cm³/mol. The Hall–Kier alpha value is -2.89. The molecule has 0 aliphatic heterocycles. The van der Waals surface area contributed by atoms with E-state index in [1.54, 1.807) is 13.8 Å². The molecule has 0 saturated heterocycles. The van der Waals surface area contributed by atoms with Gasteiger partial charge in [-0.1, -0.05) is 42.5 Å². The molecule has 0 aromatic heterocycles. The molecule has 26 heavy (non-hydrogen) atoms. The summed E-state index contributed by atoms with van der Waals surface area (Å²) in [5.41, 5.74) is -1.21. The van der Waals surface area contributed by atoms with Crippen molar-refractivity contribution in [2.24, 2.45) is 0 Å². The first-order chi connectivity index (χ1) is 12.4. The van der Waals surface area contributed by atoms with Crippen molar-refractivity contribution in [3.63, 3.8) is 0 Å². The third-order valence-corrected chi connectivity index (χ3v) is 3.92. The molecule has 2 aromatic rings. The molecule has 0 aliphatic carbocycles. The van der Waals surface area contributed by atoms with Gasteiger partial charge in [0.05, 0.1) is 13.2 Å². The minimum atomic E-state index is -1.92. The van der Waals surface area contributed by atoms with E-state index in [0.717, 1.165) is 10.8 Å². The van der Waals surface area contributed by atoms with Crippen molar-refractivity contribution >= 4 is 28.6 Å². The van der Waals surface area contributed by atoms with Crippen LogP contribution in [0.4, 0.5) is 0 Å². The minimum absolute atomic E-state index is 0.0604. The third-order valence-electron chi connectivity index (χ3n) is 3.92. The Morgan fingerprint density at radius 1 is 0.923 bits per heavy atom. The van der Waals surface area contributed by atoms with Crippen LogP contribution < -0.4 is 5.32 Å². The zero-order chi connectivity index (χ0) is 19.2. The van der Waals surface area contributed by atoms with Crippen molar-refractivity contribution in [3.05, 3.63) is 48.0 Å². The summed E-state index contributed by atoms with van der Waals surface area (Å²) in [7, 11) is 0. The molecule has 0 heterocycles. The van der Waals surface area contributed by atoms with Gasteiger partial charge in [0.2, 0.25) is 11.4 Å². The fraction of sp³-hybridized carbons (Fsp3) is 0.350. The highest BCUT2D eigenvalue weighted by Crippen LogP contribution is 2.22. The molecule has 1 amide bonds. The smallest absolute Gasteiger partial charge is 0.344 e. The van der Waals surface area contributed by atoms with E-state index in [4.69, 9.17) is 9.47 Å². The Kier molecular flexibility index (Phi) is 6.33. The maximum absolute atomic E-state index is 12.6. The molecule has 2 aromatic carbocycles. The molecule has 0 unspecified atom stereocenters. The van der Waals surface area contributed by atoms with Crippen LogP contribution in [0.5, 0.6) is 0 Å². The lowest BCUT2D eigenvalue weighted by Gasteiger charge is -2.29. The van der Waals surface area contributed by atoms with Crippen LogP contribution in [0.25, 0.3) is 10.8 Å². The number of ether oxygens (including phenoxy) is 2. The Bertz CT molecular complexity index is 797. The summed E-state index contributed by atoms with van der Waals surface area (Å²) >= 11 is 0. The molecular formula is C20H23NO5. The third kappa shape index (κ3) is 4.20. The van der Waals surface area contributed by atoms with Crippen LogP contribution in [0.15, 0.2) is 42.5 Å². The molecule has 0 fully saturated rings. The molecule has 0 atom stereocenters. The topological polar surface area (TPSA) is 81.7 Å². The van der Waals surface area contributed by atoms with Crippen molar-refractivity contribution < 1.29 is 23.9 Å². The van der Waals surface area contributed by atoms with E-state index < -0.39 is 23.4 Å². The standard InChI is InChI=1S/C20H23NO5/c1-4-25-18(23)20(21-14(3)22,19(24)26-5-2)13-15-10-11-16-8-6-7-9-17(16)12-15/h6-12H,4-5,13H2,1-3H3,(H,21,22). The van der Waals surface area contributed by atoms with Gasteiger partial charge in [-0.25, -0.2) is 9.59 Å². The summed E-state index contributed by atoms with van der Waals surface area (Å²) in [6, 6.07) is 13.3. The van der Waals surface area contributed by atoms with Gasteiger partial charge in [0.1, 0.15) is 0 Å². The lowest BCUT2D eigenvalue weighted by Crippen LogP contribution is -2.62. The van der Waals surface area contributed by atoms with E-state index in [1.807, 2.05) is 42.5 Å². The van der Waals surface area contributed by atoms with Gasteiger partial charge in [-0.3, -0.25) is 4.79 Å². The average molecular weight is 357 g/mol. The predicted octanol–water partition coefficient (Wildman–Crippen LogP) is 2.38. The maximum atomic E-state index is 12.6. The van der Waals surface area contributed by atoms with Crippen molar-refractivity contribution in [2.75, 3.05) is 13.2 Å². The summed E-state index contributed by atoms with van der Waals surface area (Å²) in [5, 5.41) is 4.47. The van der Waals surface area contributed by atoms with Crippen molar-refractivity contribution in [3.8, 4) is 0 Å². The van der Waals surface area contributed by atoms with E-state index in [1.165, 1.54) is 6.92 Å². The van der Waals surface area contributed by atoms with E-state index in [0.29, 0.717) is 5.56 Å². The first-order valence-electron chi connectivity index (χ1n) is 8.53. The molecule has 0 aliphatic rings. The van der Waals surface area contributed by atoms with E-state index in [2.05, 4.69) is 5.32 Å². The molecule has 0 saturated carbocycles. The maximum Gasteiger partial charge on any atom is 0.344 e. The Morgan fingerprint density at radius 3 is 2.04 bits per heavy atom. The van der Waals surface area contributed by atoms with E-state index in [-0.39, 0.29) is 19.6 Å². The molecule has 0 radical (unpaired) electrons. The largest absolute Gasteiger partial charge is 0.464 e. The van der Waals surface area contributed by atoms with Gasteiger partial charge >= 0.3 is 11.9 Å². The SMILES string of the molecule is CCOC(=O)C(Cc1ccc2ccccc2c1)(NC(C)=O)C(=O)OCC. The molecule has 138 valence electrons. The average Bonchev–Trinajstić information content (AvgIpc) is 2.61. The highest BCUT2D eigenvalue weighted by atomic mass is 16.6. The summed E-state index contributed by atoms with van der Waals surface area (Å²) in [6.07, 6.45) is -0.0604. The number of rotatable bonds is 7.